The quantitative estimate of drug-likeness (QED) is 0.783. The average Bonchev–Trinajstić information content (AvgIpc) is 1.98. The van der Waals surface area contributed by atoms with Gasteiger partial charge in [0.2, 0.25) is 0 Å². The van der Waals surface area contributed by atoms with Gasteiger partial charge in [-0.2, -0.15) is 0 Å². The molecule has 0 aliphatic carbocycles. The van der Waals surface area contributed by atoms with Gasteiger partial charge in [0.25, 0.3) is 0 Å². The van der Waals surface area contributed by atoms with Gasteiger partial charge in [-0.15, -0.1) is 0 Å². The first-order valence-corrected chi connectivity index (χ1v) is 4.37. The van der Waals surface area contributed by atoms with Gasteiger partial charge in [0, 0.05) is 6.20 Å². The van der Waals surface area contributed by atoms with Crippen LogP contribution in [0, 0.1) is 3.57 Å². The summed E-state index contributed by atoms with van der Waals surface area (Å²) >= 11 is 7.63. The zero-order valence-electron chi connectivity index (χ0n) is 5.71. The lowest BCUT2D eigenvalue weighted by Crippen LogP contribution is -2.10. The van der Waals surface area contributed by atoms with Crippen LogP contribution in [0.2, 0.25) is 5.02 Å². The number of carboxylic acid groups (broad SMARTS) is 1. The average molecular weight is 298 g/mol. The Morgan fingerprint density at radius 3 is 3.00 bits per heavy atom. The van der Waals surface area contributed by atoms with Crippen LogP contribution >= 0.6 is 34.2 Å². The molecular formula is C6H4ClIN2O2. The fourth-order valence-electron chi connectivity index (χ4n) is 0.609. The van der Waals surface area contributed by atoms with Crippen LogP contribution in [-0.2, 0) is 0 Å². The summed E-state index contributed by atoms with van der Waals surface area (Å²) < 4.78 is 0.596. The van der Waals surface area contributed by atoms with Crippen LogP contribution in [0.3, 0.4) is 0 Å². The lowest BCUT2D eigenvalue weighted by atomic mass is 10.4. The summed E-state index contributed by atoms with van der Waals surface area (Å²) in [4.78, 5) is 14.0. The Morgan fingerprint density at radius 2 is 2.42 bits per heavy atom. The van der Waals surface area contributed by atoms with Crippen molar-refractivity contribution in [2.45, 2.75) is 0 Å². The predicted octanol–water partition coefficient (Wildman–Crippen LogP) is 2.43. The van der Waals surface area contributed by atoms with Gasteiger partial charge in [-0.1, -0.05) is 11.6 Å². The number of halogens is 2. The summed E-state index contributed by atoms with van der Waals surface area (Å²) in [5.74, 6) is 0.260. The number of nitrogens with one attached hydrogen (secondary N) is 1. The van der Waals surface area contributed by atoms with Crippen molar-refractivity contribution in [1.82, 2.24) is 4.98 Å². The van der Waals surface area contributed by atoms with Gasteiger partial charge in [-0.25, -0.2) is 9.78 Å². The minimum atomic E-state index is -1.15. The molecule has 0 saturated carbocycles. The summed E-state index contributed by atoms with van der Waals surface area (Å²) in [6.45, 7) is 0. The highest BCUT2D eigenvalue weighted by Crippen LogP contribution is 2.23. The molecule has 0 aliphatic heterocycles. The monoisotopic (exact) mass is 298 g/mol. The van der Waals surface area contributed by atoms with Crippen molar-refractivity contribution in [3.05, 3.63) is 20.9 Å². The summed E-state index contributed by atoms with van der Waals surface area (Å²) in [6, 6.07) is 1.59. The van der Waals surface area contributed by atoms with E-state index in [-0.39, 0.29) is 5.82 Å². The zero-order chi connectivity index (χ0) is 9.14. The van der Waals surface area contributed by atoms with Crippen molar-refractivity contribution < 1.29 is 9.90 Å². The molecule has 1 rings (SSSR count). The topological polar surface area (TPSA) is 62.2 Å². The molecule has 2 N–H and O–H groups in total. The van der Waals surface area contributed by atoms with E-state index in [1.165, 1.54) is 6.20 Å². The number of carbonyl (C=O) groups is 1. The second kappa shape index (κ2) is 3.90. The second-order valence-corrected chi connectivity index (χ2v) is 3.37. The lowest BCUT2D eigenvalue weighted by molar-refractivity contribution is 0.209. The van der Waals surface area contributed by atoms with Gasteiger partial charge in [0.15, 0.2) is 0 Å². The van der Waals surface area contributed by atoms with E-state index in [0.717, 1.165) is 0 Å². The van der Waals surface area contributed by atoms with E-state index in [4.69, 9.17) is 16.7 Å². The molecule has 0 radical (unpaired) electrons. The fraction of sp³-hybridized carbons (Fsp3) is 0. The molecule has 1 aromatic rings. The zero-order valence-corrected chi connectivity index (χ0v) is 8.63. The number of amides is 1. The summed E-state index contributed by atoms with van der Waals surface area (Å²) in [7, 11) is 0. The number of rotatable bonds is 1. The Hall–Kier alpha value is -0.560. The molecule has 0 aliphatic rings. The van der Waals surface area contributed by atoms with E-state index in [1.54, 1.807) is 6.07 Å². The third kappa shape index (κ3) is 2.21. The molecule has 0 aromatic carbocycles. The Morgan fingerprint density at radius 1 is 1.75 bits per heavy atom. The summed E-state index contributed by atoms with van der Waals surface area (Å²) in [5.41, 5.74) is 0. The minimum Gasteiger partial charge on any atom is -0.465 e. The highest BCUT2D eigenvalue weighted by atomic mass is 127. The molecule has 6 heteroatoms. The third-order valence-corrected chi connectivity index (χ3v) is 2.79. The molecule has 1 amide bonds. The maximum absolute atomic E-state index is 10.2. The minimum absolute atomic E-state index is 0.260. The van der Waals surface area contributed by atoms with Gasteiger partial charge in [0.05, 0.1) is 8.59 Å². The molecule has 0 spiro atoms. The summed E-state index contributed by atoms with van der Waals surface area (Å²) in [5, 5.41) is 11.0. The number of nitrogens with zero attached hydrogens (tertiary/aromatic N) is 1. The van der Waals surface area contributed by atoms with E-state index in [0.29, 0.717) is 8.59 Å². The standard InChI is InChI=1S/C6H4ClIN2O2/c7-3-1-2-9-5(4(3)8)10-6(11)12/h1-2H,(H,9,10)(H,11,12). The highest BCUT2D eigenvalue weighted by molar-refractivity contribution is 14.1. The van der Waals surface area contributed by atoms with E-state index in [9.17, 15) is 4.79 Å². The molecule has 64 valence electrons. The molecule has 0 atom stereocenters. The van der Waals surface area contributed by atoms with Crippen LogP contribution < -0.4 is 5.32 Å². The maximum Gasteiger partial charge on any atom is 0.410 e. The first-order chi connectivity index (χ1) is 5.61. The van der Waals surface area contributed by atoms with Crippen LogP contribution in [0.5, 0.6) is 0 Å². The van der Waals surface area contributed by atoms with Gasteiger partial charge in [-0.05, 0) is 28.7 Å². The van der Waals surface area contributed by atoms with Crippen molar-refractivity contribution in [3.8, 4) is 0 Å². The molecule has 12 heavy (non-hydrogen) atoms. The highest BCUT2D eigenvalue weighted by Gasteiger charge is 2.06. The van der Waals surface area contributed by atoms with E-state index in [2.05, 4.69) is 10.3 Å². The molecule has 1 aromatic heterocycles. The van der Waals surface area contributed by atoms with Gasteiger partial charge >= 0.3 is 6.09 Å². The van der Waals surface area contributed by atoms with Gasteiger partial charge < -0.3 is 5.11 Å². The number of aromatic nitrogens is 1. The van der Waals surface area contributed by atoms with Crippen LogP contribution in [0.4, 0.5) is 10.6 Å². The van der Waals surface area contributed by atoms with Crippen molar-refractivity contribution >= 4 is 46.1 Å². The third-order valence-electron chi connectivity index (χ3n) is 1.07. The van der Waals surface area contributed by atoms with Crippen LogP contribution in [-0.4, -0.2) is 16.2 Å². The Bertz CT molecular complexity index is 318. The number of hydrogen-bond acceptors (Lipinski definition) is 2. The maximum atomic E-state index is 10.2. The molecular weight excluding hydrogens is 294 g/mol. The number of hydrogen-bond donors (Lipinski definition) is 2. The van der Waals surface area contributed by atoms with Crippen molar-refractivity contribution in [3.63, 3.8) is 0 Å². The second-order valence-electron chi connectivity index (χ2n) is 1.89. The van der Waals surface area contributed by atoms with E-state index >= 15 is 0 Å². The molecule has 4 nitrogen and oxygen atoms in total. The first-order valence-electron chi connectivity index (χ1n) is 2.91. The molecule has 0 saturated heterocycles. The van der Waals surface area contributed by atoms with E-state index < -0.39 is 6.09 Å². The Kier molecular flexibility index (Phi) is 3.10. The Balaban J connectivity index is 3.00. The fourth-order valence-corrected chi connectivity index (χ4v) is 1.21. The van der Waals surface area contributed by atoms with Crippen molar-refractivity contribution in [2.75, 3.05) is 5.32 Å². The molecule has 0 fully saturated rings. The van der Waals surface area contributed by atoms with Gasteiger partial charge in [-0.3, -0.25) is 5.32 Å². The lowest BCUT2D eigenvalue weighted by Gasteiger charge is -2.02. The van der Waals surface area contributed by atoms with Crippen LogP contribution in [0.25, 0.3) is 0 Å². The van der Waals surface area contributed by atoms with Crippen LogP contribution in [0.1, 0.15) is 0 Å². The Labute approximate surface area is 87.1 Å². The van der Waals surface area contributed by atoms with Gasteiger partial charge in [0.1, 0.15) is 5.82 Å². The smallest absolute Gasteiger partial charge is 0.410 e. The predicted molar refractivity (Wildman–Crippen MR) is 53.6 cm³/mol. The molecule has 1 heterocycles. The van der Waals surface area contributed by atoms with Crippen LogP contribution in [0.15, 0.2) is 12.3 Å². The first kappa shape index (κ1) is 9.53. The van der Waals surface area contributed by atoms with Crippen molar-refractivity contribution in [1.29, 1.82) is 0 Å². The summed E-state index contributed by atoms with van der Waals surface area (Å²) in [6.07, 6.45) is 0.290. The number of anilines is 1. The number of pyridine rings is 1. The van der Waals surface area contributed by atoms with Crippen molar-refractivity contribution in [2.24, 2.45) is 0 Å². The largest absolute Gasteiger partial charge is 0.465 e. The SMILES string of the molecule is O=C(O)Nc1nccc(Cl)c1I. The normalized spacial score (nSPS) is 9.50. The van der Waals surface area contributed by atoms with E-state index in [1.807, 2.05) is 22.6 Å². The molecule has 0 bridgehead atoms. The molecule has 0 unspecified atom stereocenters.